The molecule has 2 aromatic rings. The van der Waals surface area contributed by atoms with E-state index in [0.29, 0.717) is 18.2 Å². The molecule has 0 aromatic carbocycles. The highest BCUT2D eigenvalue weighted by atomic mass is 32.1. The van der Waals surface area contributed by atoms with Gasteiger partial charge in [0.2, 0.25) is 0 Å². The molecule has 0 aliphatic carbocycles. The average Bonchev–Trinajstić information content (AvgIpc) is 3.00. The van der Waals surface area contributed by atoms with Gasteiger partial charge in [-0.2, -0.15) is 0 Å². The summed E-state index contributed by atoms with van der Waals surface area (Å²) in [4.78, 5) is 23.6. The van der Waals surface area contributed by atoms with Crippen LogP contribution in [-0.4, -0.2) is 35.0 Å². The summed E-state index contributed by atoms with van der Waals surface area (Å²) >= 11 is 1.64. The molecule has 1 N–H and O–H groups in total. The summed E-state index contributed by atoms with van der Waals surface area (Å²) < 4.78 is 0. The largest absolute Gasteiger partial charge is 0.354 e. The number of nitrogens with zero attached hydrogens (tertiary/aromatic N) is 3. The Kier molecular flexibility index (Phi) is 5.45. The predicted molar refractivity (Wildman–Crippen MR) is 97.8 cm³/mol. The van der Waals surface area contributed by atoms with E-state index in [-0.39, 0.29) is 5.91 Å². The molecule has 1 aliphatic heterocycles. The third kappa shape index (κ3) is 4.12. The van der Waals surface area contributed by atoms with Gasteiger partial charge in [-0.15, -0.1) is 11.3 Å². The fourth-order valence-corrected chi connectivity index (χ4v) is 3.83. The van der Waals surface area contributed by atoms with Crippen molar-refractivity contribution in [1.29, 1.82) is 0 Å². The van der Waals surface area contributed by atoms with Gasteiger partial charge in [-0.05, 0) is 45.2 Å². The van der Waals surface area contributed by atoms with Gasteiger partial charge in [0.05, 0.1) is 5.01 Å². The number of nitrogens with one attached hydrogen (secondary N) is 1. The number of aryl methyl sites for hydroxylation is 1. The summed E-state index contributed by atoms with van der Waals surface area (Å²) in [7, 11) is 0. The second-order valence-electron chi connectivity index (χ2n) is 6.33. The number of rotatable bonds is 5. The molecule has 1 amide bonds. The summed E-state index contributed by atoms with van der Waals surface area (Å²) in [6.45, 7) is 5.83. The molecular weight excluding hydrogens is 320 g/mol. The Morgan fingerprint density at radius 2 is 2.33 bits per heavy atom. The van der Waals surface area contributed by atoms with Crippen molar-refractivity contribution in [3.8, 4) is 0 Å². The molecule has 0 spiro atoms. The van der Waals surface area contributed by atoms with Gasteiger partial charge in [-0.1, -0.05) is 0 Å². The van der Waals surface area contributed by atoms with Crippen molar-refractivity contribution in [1.82, 2.24) is 15.3 Å². The first-order chi connectivity index (χ1) is 11.6. The van der Waals surface area contributed by atoms with Crippen LogP contribution in [0.15, 0.2) is 23.7 Å². The van der Waals surface area contributed by atoms with Crippen LogP contribution in [0.5, 0.6) is 0 Å². The zero-order valence-corrected chi connectivity index (χ0v) is 15.1. The zero-order valence-electron chi connectivity index (χ0n) is 14.3. The molecule has 24 heavy (non-hydrogen) atoms. The molecule has 3 rings (SSSR count). The highest BCUT2D eigenvalue weighted by Crippen LogP contribution is 2.23. The van der Waals surface area contributed by atoms with Gasteiger partial charge in [-0.3, -0.25) is 4.79 Å². The monoisotopic (exact) mass is 344 g/mol. The van der Waals surface area contributed by atoms with E-state index in [2.05, 4.69) is 27.1 Å². The molecule has 0 saturated carbocycles. The SMILES string of the molecule is Cc1csc(CCNC(=O)c2ccnc(N3CCCCC3C)c2)n1. The molecule has 2 aromatic heterocycles. The van der Waals surface area contributed by atoms with E-state index >= 15 is 0 Å². The summed E-state index contributed by atoms with van der Waals surface area (Å²) in [5.41, 5.74) is 1.71. The molecule has 1 atom stereocenters. The molecule has 128 valence electrons. The van der Waals surface area contributed by atoms with Crippen LogP contribution < -0.4 is 10.2 Å². The number of amides is 1. The minimum atomic E-state index is -0.0448. The Morgan fingerprint density at radius 1 is 1.46 bits per heavy atom. The molecule has 0 bridgehead atoms. The van der Waals surface area contributed by atoms with Crippen LogP contribution in [0, 0.1) is 6.92 Å². The number of hydrogen-bond donors (Lipinski definition) is 1. The minimum Gasteiger partial charge on any atom is -0.354 e. The summed E-state index contributed by atoms with van der Waals surface area (Å²) in [6, 6.07) is 4.17. The van der Waals surface area contributed by atoms with Gasteiger partial charge in [0.15, 0.2) is 0 Å². The topological polar surface area (TPSA) is 58.1 Å². The Labute approximate surface area is 147 Å². The maximum absolute atomic E-state index is 12.4. The number of hydrogen-bond acceptors (Lipinski definition) is 5. The molecule has 0 radical (unpaired) electrons. The normalized spacial score (nSPS) is 17.8. The Morgan fingerprint density at radius 3 is 3.08 bits per heavy atom. The number of pyridine rings is 1. The first-order valence-electron chi connectivity index (χ1n) is 8.55. The van der Waals surface area contributed by atoms with Crippen molar-refractivity contribution >= 4 is 23.1 Å². The second kappa shape index (κ2) is 7.75. The lowest BCUT2D eigenvalue weighted by Crippen LogP contribution is -2.38. The molecule has 3 heterocycles. The first kappa shape index (κ1) is 16.9. The number of piperidine rings is 1. The van der Waals surface area contributed by atoms with Crippen LogP contribution in [-0.2, 0) is 6.42 Å². The molecule has 1 saturated heterocycles. The van der Waals surface area contributed by atoms with Gasteiger partial charge in [0, 0.05) is 48.4 Å². The second-order valence-corrected chi connectivity index (χ2v) is 7.27. The zero-order chi connectivity index (χ0) is 16.9. The molecule has 1 unspecified atom stereocenters. The maximum Gasteiger partial charge on any atom is 0.251 e. The Hall–Kier alpha value is -1.95. The molecule has 5 nitrogen and oxygen atoms in total. The fourth-order valence-electron chi connectivity index (χ4n) is 3.06. The lowest BCUT2D eigenvalue weighted by atomic mass is 10.0. The van der Waals surface area contributed by atoms with Crippen LogP contribution in [0.3, 0.4) is 0 Å². The summed E-state index contributed by atoms with van der Waals surface area (Å²) in [5, 5.41) is 6.07. The van der Waals surface area contributed by atoms with Crippen LogP contribution >= 0.6 is 11.3 Å². The van der Waals surface area contributed by atoms with Gasteiger partial charge in [0.25, 0.3) is 5.91 Å². The lowest BCUT2D eigenvalue weighted by Gasteiger charge is -2.34. The van der Waals surface area contributed by atoms with Gasteiger partial charge >= 0.3 is 0 Å². The molecular formula is C18H24N4OS. The number of thiazole rings is 1. The van der Waals surface area contributed by atoms with E-state index in [9.17, 15) is 4.79 Å². The molecule has 6 heteroatoms. The minimum absolute atomic E-state index is 0.0448. The van der Waals surface area contributed by atoms with E-state index < -0.39 is 0 Å². The van der Waals surface area contributed by atoms with Crippen molar-refractivity contribution in [3.05, 3.63) is 40.0 Å². The number of carbonyl (C=O) groups is 1. The predicted octanol–water partition coefficient (Wildman–Crippen LogP) is 3.20. The highest BCUT2D eigenvalue weighted by molar-refractivity contribution is 7.09. The van der Waals surface area contributed by atoms with E-state index in [4.69, 9.17) is 0 Å². The summed E-state index contributed by atoms with van der Waals surface area (Å²) in [6.07, 6.45) is 6.15. The van der Waals surface area contributed by atoms with Crippen molar-refractivity contribution in [2.24, 2.45) is 0 Å². The third-order valence-corrected chi connectivity index (χ3v) is 5.42. The van der Waals surface area contributed by atoms with E-state index in [1.54, 1.807) is 23.6 Å². The maximum atomic E-state index is 12.4. The van der Waals surface area contributed by atoms with Crippen LogP contribution in [0.2, 0.25) is 0 Å². The fraction of sp³-hybridized carbons (Fsp3) is 0.500. The average molecular weight is 344 g/mol. The standard InChI is InChI=1S/C18H24N4OS/c1-13-12-24-17(21-13)7-9-20-18(23)15-6-8-19-16(11-15)22-10-4-3-5-14(22)2/h6,8,11-12,14H,3-5,7,9-10H2,1-2H3,(H,20,23). The highest BCUT2D eigenvalue weighted by Gasteiger charge is 2.20. The van der Waals surface area contributed by atoms with E-state index in [1.165, 1.54) is 19.3 Å². The number of carbonyl (C=O) groups excluding carboxylic acids is 1. The van der Waals surface area contributed by atoms with Gasteiger partial charge in [-0.25, -0.2) is 9.97 Å². The number of anilines is 1. The first-order valence-corrected chi connectivity index (χ1v) is 9.43. The van der Waals surface area contributed by atoms with Crippen LogP contribution in [0.25, 0.3) is 0 Å². The molecule has 1 fully saturated rings. The van der Waals surface area contributed by atoms with Crippen molar-refractivity contribution in [2.45, 2.75) is 45.6 Å². The summed E-state index contributed by atoms with van der Waals surface area (Å²) in [5.74, 6) is 0.863. The number of aromatic nitrogens is 2. The quantitative estimate of drug-likeness (QED) is 0.905. The Bertz CT molecular complexity index is 700. The lowest BCUT2D eigenvalue weighted by molar-refractivity contribution is 0.0954. The van der Waals surface area contributed by atoms with Crippen molar-refractivity contribution < 1.29 is 4.79 Å². The van der Waals surface area contributed by atoms with E-state index in [0.717, 1.165) is 29.5 Å². The third-order valence-electron chi connectivity index (χ3n) is 4.40. The van der Waals surface area contributed by atoms with Gasteiger partial charge in [0.1, 0.15) is 5.82 Å². The van der Waals surface area contributed by atoms with E-state index in [1.807, 2.05) is 18.4 Å². The van der Waals surface area contributed by atoms with Crippen LogP contribution in [0.1, 0.15) is 47.2 Å². The van der Waals surface area contributed by atoms with Crippen molar-refractivity contribution in [2.75, 3.05) is 18.0 Å². The molecule has 1 aliphatic rings. The van der Waals surface area contributed by atoms with Gasteiger partial charge < -0.3 is 10.2 Å². The van der Waals surface area contributed by atoms with Crippen molar-refractivity contribution in [3.63, 3.8) is 0 Å². The Balaban J connectivity index is 1.59. The van der Waals surface area contributed by atoms with Crippen LogP contribution in [0.4, 0.5) is 5.82 Å². The smallest absolute Gasteiger partial charge is 0.251 e.